The van der Waals surface area contributed by atoms with E-state index in [9.17, 15) is 0 Å². The maximum atomic E-state index is 5.79. The molecule has 13 rings (SSSR count). The molecule has 2 aliphatic rings. The number of fused-ring (bicyclic) bond motifs is 5. The fourth-order valence-electron chi connectivity index (χ4n) is 12.6. The second-order valence-electron chi connectivity index (χ2n) is 26.9. The normalized spacial score (nSPS) is 13.3. The summed E-state index contributed by atoms with van der Waals surface area (Å²) in [5.74, 6) is 0.900. The van der Waals surface area contributed by atoms with Crippen LogP contribution in [0.15, 0.2) is 224 Å². The summed E-state index contributed by atoms with van der Waals surface area (Å²) in [5.41, 5.74) is 26.9. The van der Waals surface area contributed by atoms with Gasteiger partial charge in [-0.2, -0.15) is 0 Å². The zero-order valence-corrected chi connectivity index (χ0v) is 49.7. The summed E-state index contributed by atoms with van der Waals surface area (Å²) in [6.07, 6.45) is 0. The van der Waals surface area contributed by atoms with Crippen LogP contribution < -0.4 is 26.2 Å². The van der Waals surface area contributed by atoms with Crippen LogP contribution in [0.3, 0.4) is 0 Å². The van der Waals surface area contributed by atoms with Crippen molar-refractivity contribution in [1.82, 2.24) is 9.55 Å². The van der Waals surface area contributed by atoms with Crippen molar-refractivity contribution < 1.29 is 0 Å². The third kappa shape index (κ3) is 9.15. The molecule has 404 valence electrons. The lowest BCUT2D eigenvalue weighted by Crippen LogP contribution is -2.61. The number of rotatable bonds is 7. The van der Waals surface area contributed by atoms with Crippen molar-refractivity contribution in [2.45, 2.75) is 105 Å². The van der Waals surface area contributed by atoms with Crippen LogP contribution in [-0.4, -0.2) is 16.3 Å². The first kappa shape index (κ1) is 52.7. The molecule has 0 aliphatic carbocycles. The van der Waals surface area contributed by atoms with E-state index in [-0.39, 0.29) is 28.4 Å². The van der Waals surface area contributed by atoms with Gasteiger partial charge in [-0.3, -0.25) is 4.57 Å². The Morgan fingerprint density at radius 2 is 0.793 bits per heavy atom. The van der Waals surface area contributed by atoms with Gasteiger partial charge in [-0.15, -0.1) is 0 Å². The molecule has 0 spiro atoms. The van der Waals surface area contributed by atoms with Crippen molar-refractivity contribution in [2.24, 2.45) is 0 Å². The zero-order chi connectivity index (χ0) is 57.0. The number of hydrogen-bond acceptors (Lipinski definition) is 3. The van der Waals surface area contributed by atoms with Gasteiger partial charge in [0.15, 0.2) is 0 Å². The molecule has 0 bridgehead atoms. The largest absolute Gasteiger partial charge is 0.311 e. The lowest BCUT2D eigenvalue weighted by Gasteiger charge is -2.46. The summed E-state index contributed by atoms with van der Waals surface area (Å²) in [5, 5.41) is 0. The Hall–Kier alpha value is -8.67. The van der Waals surface area contributed by atoms with E-state index in [1.54, 1.807) is 0 Å². The van der Waals surface area contributed by atoms with Crippen molar-refractivity contribution >= 4 is 68.3 Å². The van der Waals surface area contributed by atoms with Gasteiger partial charge in [-0.05, 0) is 137 Å². The van der Waals surface area contributed by atoms with Crippen LogP contribution in [0.2, 0.25) is 0 Å². The number of benzene rings is 10. The van der Waals surface area contributed by atoms with E-state index in [0.717, 1.165) is 67.4 Å². The van der Waals surface area contributed by atoms with Crippen LogP contribution in [0.1, 0.15) is 105 Å². The maximum Gasteiger partial charge on any atom is 0.252 e. The highest BCUT2D eigenvalue weighted by atomic mass is 15.2. The highest BCUT2D eigenvalue weighted by molar-refractivity contribution is 7.00. The summed E-state index contributed by atoms with van der Waals surface area (Å²) in [4.78, 5) is 11.0. The van der Waals surface area contributed by atoms with E-state index in [1.807, 2.05) is 0 Å². The highest BCUT2D eigenvalue weighted by Crippen LogP contribution is 2.52. The topological polar surface area (TPSA) is 24.3 Å². The second-order valence-corrected chi connectivity index (χ2v) is 26.9. The first-order chi connectivity index (χ1) is 39.2. The van der Waals surface area contributed by atoms with Crippen LogP contribution in [-0.2, 0) is 21.7 Å². The number of aromatic nitrogens is 2. The van der Waals surface area contributed by atoms with Crippen molar-refractivity contribution in [3.8, 4) is 50.5 Å². The Morgan fingerprint density at radius 3 is 1.33 bits per heavy atom. The van der Waals surface area contributed by atoms with Crippen molar-refractivity contribution in [3.63, 3.8) is 0 Å². The molecular formula is C77H73BN4. The molecule has 4 nitrogen and oxygen atoms in total. The van der Waals surface area contributed by atoms with Gasteiger partial charge in [0.2, 0.25) is 0 Å². The quantitative estimate of drug-likeness (QED) is 0.149. The molecule has 3 heterocycles. The number of nitrogens with zero attached hydrogens (tertiary/aromatic N) is 4. The fourth-order valence-corrected chi connectivity index (χ4v) is 12.6. The Kier molecular flexibility index (Phi) is 12.5. The molecule has 82 heavy (non-hydrogen) atoms. The second kappa shape index (κ2) is 19.5. The Morgan fingerprint density at radius 1 is 0.329 bits per heavy atom. The van der Waals surface area contributed by atoms with Crippen molar-refractivity contribution in [2.75, 3.05) is 9.80 Å². The summed E-state index contributed by atoms with van der Waals surface area (Å²) in [6, 6.07) is 84.4. The van der Waals surface area contributed by atoms with Gasteiger partial charge in [0, 0.05) is 50.8 Å². The fraction of sp³-hybridized carbons (Fsp3) is 0.208. The molecule has 10 aromatic carbocycles. The van der Waals surface area contributed by atoms with Crippen LogP contribution >= 0.6 is 0 Å². The van der Waals surface area contributed by atoms with Crippen LogP contribution in [0.4, 0.5) is 34.1 Å². The van der Waals surface area contributed by atoms with E-state index in [1.165, 1.54) is 66.8 Å². The van der Waals surface area contributed by atoms with Crippen LogP contribution in [0.25, 0.3) is 61.5 Å². The van der Waals surface area contributed by atoms with E-state index in [2.05, 4.69) is 322 Å². The molecule has 0 atom stereocenters. The number of imidazole rings is 1. The van der Waals surface area contributed by atoms with E-state index in [4.69, 9.17) is 4.98 Å². The summed E-state index contributed by atoms with van der Waals surface area (Å²) < 4.78 is 2.40. The molecule has 5 heteroatoms. The predicted octanol–water partition coefficient (Wildman–Crippen LogP) is 19.0. The first-order valence-electron chi connectivity index (χ1n) is 29.3. The molecule has 0 saturated carbocycles. The molecule has 0 fully saturated rings. The third-order valence-corrected chi connectivity index (χ3v) is 17.2. The van der Waals surface area contributed by atoms with E-state index >= 15 is 0 Å². The van der Waals surface area contributed by atoms with Gasteiger partial charge in [-0.25, -0.2) is 4.98 Å². The zero-order valence-electron chi connectivity index (χ0n) is 49.7. The summed E-state index contributed by atoms with van der Waals surface area (Å²) >= 11 is 0. The molecule has 1 aromatic heterocycles. The van der Waals surface area contributed by atoms with E-state index < -0.39 is 0 Å². The number of para-hydroxylation sites is 2. The van der Waals surface area contributed by atoms with Crippen molar-refractivity contribution in [3.05, 3.63) is 247 Å². The molecule has 0 unspecified atom stereocenters. The minimum atomic E-state index is -0.203. The molecular weight excluding hydrogens is 992 g/mol. The Bertz CT molecular complexity index is 4150. The molecule has 11 aromatic rings. The third-order valence-electron chi connectivity index (χ3n) is 17.2. The SMILES string of the molecule is CC(C)(C)c1ccc(-c2ccc(-c3nc4cc5c(cc4n3-c3ccccc3)B3c4cc(C(C)(C)C)ccc4N(c4ccc(C(C)(C)C)cc4)c4cc(C(C)(C)C)cc(c43)N5c3c(-c4ccccc4)cccc3-c3ccccc3)cc2)cc1. The average Bonchev–Trinajstić information content (AvgIpc) is 1.30. The van der Waals surface area contributed by atoms with Gasteiger partial charge in [-0.1, -0.05) is 253 Å². The molecule has 0 amide bonds. The Balaban J connectivity index is 1.15. The van der Waals surface area contributed by atoms with Crippen LogP contribution in [0, 0.1) is 0 Å². The Labute approximate surface area is 486 Å². The average molecular weight is 1070 g/mol. The van der Waals surface area contributed by atoms with Gasteiger partial charge in [0.1, 0.15) is 5.82 Å². The number of anilines is 6. The lowest BCUT2D eigenvalue weighted by atomic mass is 9.33. The van der Waals surface area contributed by atoms with Gasteiger partial charge >= 0.3 is 0 Å². The maximum absolute atomic E-state index is 5.79. The van der Waals surface area contributed by atoms with Crippen molar-refractivity contribution in [1.29, 1.82) is 0 Å². The van der Waals surface area contributed by atoms with Crippen LogP contribution in [0.5, 0.6) is 0 Å². The van der Waals surface area contributed by atoms with E-state index in [0.29, 0.717) is 0 Å². The molecule has 0 radical (unpaired) electrons. The van der Waals surface area contributed by atoms with Gasteiger partial charge in [0.05, 0.1) is 16.7 Å². The highest BCUT2D eigenvalue weighted by Gasteiger charge is 2.46. The first-order valence-corrected chi connectivity index (χ1v) is 29.3. The lowest BCUT2D eigenvalue weighted by molar-refractivity contribution is 0.589. The standard InChI is InChI=1S/C77H73BN4/c1-74(2,3)55-37-35-51(36-38-55)50-31-33-54(34-32-50)73-79-65-49-67-64(48-68(65)81(73)59-27-20-15-21-28-59)78-63-45-57(76(7,8)9)41-44-66(63)80(60-42-39-56(40-43-60)75(4,5)6)69-46-58(77(10,11)12)47-70(71(69)78)82(67)72-61(52-23-16-13-17-24-52)29-22-30-62(72)53-25-18-14-19-26-53/h13-49H,1-12H3. The smallest absolute Gasteiger partial charge is 0.252 e. The predicted molar refractivity (Wildman–Crippen MR) is 352 cm³/mol. The molecule has 0 saturated heterocycles. The molecule has 2 aliphatic heterocycles. The number of hydrogen-bond donors (Lipinski definition) is 0. The minimum Gasteiger partial charge on any atom is -0.311 e. The molecule has 0 N–H and O–H groups in total. The monoisotopic (exact) mass is 1060 g/mol. The van der Waals surface area contributed by atoms with Gasteiger partial charge < -0.3 is 9.80 Å². The summed E-state index contributed by atoms with van der Waals surface area (Å²) in [6.45, 7) is 27.7. The summed E-state index contributed by atoms with van der Waals surface area (Å²) in [7, 11) is 0. The van der Waals surface area contributed by atoms with Gasteiger partial charge in [0.25, 0.3) is 6.71 Å². The minimum absolute atomic E-state index is 0.00299.